The summed E-state index contributed by atoms with van der Waals surface area (Å²) in [6.07, 6.45) is 1.27. The molecule has 0 spiro atoms. The van der Waals surface area contributed by atoms with E-state index in [1.165, 1.54) is 0 Å². The number of hydrogen-bond donors (Lipinski definition) is 2. The van der Waals surface area contributed by atoms with Crippen LogP contribution in [-0.2, 0) is 16.1 Å². The molecule has 1 aromatic rings. The minimum Gasteiger partial charge on any atom is -0.494 e. The minimum absolute atomic E-state index is 0.103. The van der Waals surface area contributed by atoms with Gasteiger partial charge < -0.3 is 19.9 Å². The first-order chi connectivity index (χ1) is 9.71. The van der Waals surface area contributed by atoms with Crippen molar-refractivity contribution < 1.29 is 19.4 Å². The van der Waals surface area contributed by atoms with Gasteiger partial charge in [-0.2, -0.15) is 0 Å². The van der Waals surface area contributed by atoms with Gasteiger partial charge in [-0.15, -0.1) is 0 Å². The molecule has 1 aromatic carbocycles. The highest BCUT2D eigenvalue weighted by molar-refractivity contribution is 5.90. The zero-order chi connectivity index (χ0) is 14.8. The van der Waals surface area contributed by atoms with Gasteiger partial charge >= 0.3 is 0 Å². The lowest BCUT2D eigenvalue weighted by molar-refractivity contribution is -0.117. The number of hydrogen-bond acceptors (Lipinski definition) is 4. The Bertz CT molecular complexity index is 420. The number of anilines is 1. The van der Waals surface area contributed by atoms with Crippen LogP contribution in [0.1, 0.15) is 32.3 Å². The number of aliphatic hydroxyl groups is 1. The molecule has 0 aromatic heterocycles. The second kappa shape index (κ2) is 9.34. The predicted molar refractivity (Wildman–Crippen MR) is 77.9 cm³/mol. The van der Waals surface area contributed by atoms with Crippen molar-refractivity contribution >= 4 is 11.6 Å². The molecule has 0 fully saturated rings. The SMILES string of the molecule is CCCOCCC(=O)Nc1ccc(OCC)c(CO)c1. The smallest absolute Gasteiger partial charge is 0.226 e. The molecular weight excluding hydrogens is 258 g/mol. The summed E-state index contributed by atoms with van der Waals surface area (Å²) in [5.41, 5.74) is 1.31. The molecule has 5 nitrogen and oxygen atoms in total. The van der Waals surface area contributed by atoms with Crippen LogP contribution in [0.5, 0.6) is 5.75 Å². The zero-order valence-corrected chi connectivity index (χ0v) is 12.1. The van der Waals surface area contributed by atoms with Crippen LogP contribution in [0.25, 0.3) is 0 Å². The van der Waals surface area contributed by atoms with Crippen molar-refractivity contribution in [2.75, 3.05) is 25.1 Å². The number of rotatable bonds is 9. The molecule has 20 heavy (non-hydrogen) atoms. The molecule has 112 valence electrons. The zero-order valence-electron chi connectivity index (χ0n) is 12.1. The van der Waals surface area contributed by atoms with Crippen LogP contribution in [0.4, 0.5) is 5.69 Å². The van der Waals surface area contributed by atoms with E-state index in [1.807, 2.05) is 13.8 Å². The van der Waals surface area contributed by atoms with E-state index >= 15 is 0 Å². The first-order valence-corrected chi connectivity index (χ1v) is 6.95. The first-order valence-electron chi connectivity index (χ1n) is 6.95. The molecular formula is C15H23NO4. The number of ether oxygens (including phenoxy) is 2. The van der Waals surface area contributed by atoms with Crippen molar-refractivity contribution in [3.8, 4) is 5.75 Å². The Labute approximate surface area is 119 Å². The van der Waals surface area contributed by atoms with E-state index in [-0.39, 0.29) is 12.5 Å². The fourth-order valence-corrected chi connectivity index (χ4v) is 1.71. The van der Waals surface area contributed by atoms with Crippen molar-refractivity contribution in [3.05, 3.63) is 23.8 Å². The van der Waals surface area contributed by atoms with Gasteiger partial charge in [0.2, 0.25) is 5.91 Å². The highest BCUT2D eigenvalue weighted by Gasteiger charge is 2.07. The highest BCUT2D eigenvalue weighted by Crippen LogP contribution is 2.23. The lowest BCUT2D eigenvalue weighted by atomic mass is 10.2. The number of carbonyl (C=O) groups is 1. The van der Waals surface area contributed by atoms with Gasteiger partial charge in [0.15, 0.2) is 0 Å². The van der Waals surface area contributed by atoms with E-state index in [1.54, 1.807) is 18.2 Å². The van der Waals surface area contributed by atoms with Crippen LogP contribution in [-0.4, -0.2) is 30.8 Å². The summed E-state index contributed by atoms with van der Waals surface area (Å²) in [5, 5.41) is 12.1. The summed E-state index contributed by atoms with van der Waals surface area (Å²) >= 11 is 0. The third-order valence-electron chi connectivity index (χ3n) is 2.64. The maximum Gasteiger partial charge on any atom is 0.226 e. The van der Waals surface area contributed by atoms with Gasteiger partial charge in [-0.05, 0) is 31.5 Å². The predicted octanol–water partition coefficient (Wildman–Crippen LogP) is 2.33. The normalized spacial score (nSPS) is 10.3. The highest BCUT2D eigenvalue weighted by atomic mass is 16.5. The second-order valence-corrected chi connectivity index (χ2v) is 4.32. The van der Waals surface area contributed by atoms with Gasteiger partial charge in [-0.25, -0.2) is 0 Å². The number of amides is 1. The molecule has 0 aliphatic carbocycles. The van der Waals surface area contributed by atoms with Crippen molar-refractivity contribution in [2.24, 2.45) is 0 Å². The van der Waals surface area contributed by atoms with Crippen LogP contribution >= 0.6 is 0 Å². The summed E-state index contributed by atoms with van der Waals surface area (Å²) < 4.78 is 10.7. The Morgan fingerprint density at radius 2 is 2.10 bits per heavy atom. The Morgan fingerprint density at radius 3 is 2.75 bits per heavy atom. The van der Waals surface area contributed by atoms with Gasteiger partial charge in [-0.1, -0.05) is 6.92 Å². The molecule has 0 radical (unpaired) electrons. The summed E-state index contributed by atoms with van der Waals surface area (Å²) in [7, 11) is 0. The second-order valence-electron chi connectivity index (χ2n) is 4.32. The fourth-order valence-electron chi connectivity index (χ4n) is 1.71. The molecule has 0 saturated carbocycles. The molecule has 1 amide bonds. The Kier molecular flexibility index (Phi) is 7.69. The summed E-state index contributed by atoms with van der Waals surface area (Å²) in [6, 6.07) is 5.23. The molecule has 1 rings (SSSR count). The lowest BCUT2D eigenvalue weighted by Crippen LogP contribution is -2.14. The van der Waals surface area contributed by atoms with Crippen LogP contribution in [0, 0.1) is 0 Å². The average molecular weight is 281 g/mol. The molecule has 0 heterocycles. The number of nitrogens with one attached hydrogen (secondary N) is 1. The third kappa shape index (κ3) is 5.59. The fraction of sp³-hybridized carbons (Fsp3) is 0.533. The van der Waals surface area contributed by atoms with E-state index in [2.05, 4.69) is 5.32 Å². The quantitative estimate of drug-likeness (QED) is 0.682. The Balaban J connectivity index is 2.52. The lowest BCUT2D eigenvalue weighted by Gasteiger charge is -2.11. The molecule has 0 atom stereocenters. The van der Waals surface area contributed by atoms with Gasteiger partial charge in [0.05, 0.1) is 26.2 Å². The Hall–Kier alpha value is -1.59. The van der Waals surface area contributed by atoms with Crippen LogP contribution in [0.15, 0.2) is 18.2 Å². The summed E-state index contributed by atoms with van der Waals surface area (Å²) in [5.74, 6) is 0.536. The Morgan fingerprint density at radius 1 is 1.30 bits per heavy atom. The van der Waals surface area contributed by atoms with Gasteiger partial charge in [0.25, 0.3) is 0 Å². The van der Waals surface area contributed by atoms with Gasteiger partial charge in [-0.3, -0.25) is 4.79 Å². The standard InChI is InChI=1S/C15H23NO4/c1-3-8-19-9-7-15(18)16-13-5-6-14(20-4-2)12(10-13)11-17/h5-6,10,17H,3-4,7-9,11H2,1-2H3,(H,16,18). The molecule has 0 unspecified atom stereocenters. The first kappa shape index (κ1) is 16.5. The monoisotopic (exact) mass is 281 g/mol. The van der Waals surface area contributed by atoms with Crippen molar-refractivity contribution in [3.63, 3.8) is 0 Å². The van der Waals surface area contributed by atoms with Crippen LogP contribution in [0.2, 0.25) is 0 Å². The van der Waals surface area contributed by atoms with Crippen molar-refractivity contribution in [2.45, 2.75) is 33.3 Å². The molecule has 2 N–H and O–H groups in total. The van der Waals surface area contributed by atoms with Gasteiger partial charge in [0, 0.05) is 17.9 Å². The third-order valence-corrected chi connectivity index (χ3v) is 2.64. The summed E-state index contributed by atoms with van der Waals surface area (Å²) in [4.78, 5) is 11.7. The molecule has 0 aliphatic heterocycles. The van der Waals surface area contributed by atoms with Gasteiger partial charge in [0.1, 0.15) is 5.75 Å². The molecule has 0 saturated heterocycles. The van der Waals surface area contributed by atoms with Crippen molar-refractivity contribution in [1.82, 2.24) is 0 Å². The average Bonchev–Trinajstić information content (AvgIpc) is 2.45. The van der Waals surface area contributed by atoms with Crippen LogP contribution in [0.3, 0.4) is 0 Å². The maximum atomic E-state index is 11.7. The molecule has 0 bridgehead atoms. The van der Waals surface area contributed by atoms with E-state index in [0.717, 1.165) is 6.42 Å². The number of benzene rings is 1. The largest absolute Gasteiger partial charge is 0.494 e. The molecule has 0 aliphatic rings. The molecule has 5 heteroatoms. The number of carbonyl (C=O) groups excluding carboxylic acids is 1. The van der Waals surface area contributed by atoms with E-state index < -0.39 is 0 Å². The minimum atomic E-state index is -0.126. The van der Waals surface area contributed by atoms with E-state index in [9.17, 15) is 9.90 Å². The maximum absolute atomic E-state index is 11.7. The number of aliphatic hydroxyl groups excluding tert-OH is 1. The summed E-state index contributed by atoms with van der Waals surface area (Å²) in [6.45, 7) is 5.41. The van der Waals surface area contributed by atoms with Crippen LogP contribution < -0.4 is 10.1 Å². The van der Waals surface area contributed by atoms with Crippen molar-refractivity contribution in [1.29, 1.82) is 0 Å². The van der Waals surface area contributed by atoms with E-state index in [4.69, 9.17) is 9.47 Å². The van der Waals surface area contributed by atoms with E-state index in [0.29, 0.717) is 43.2 Å². The topological polar surface area (TPSA) is 67.8 Å².